The van der Waals surface area contributed by atoms with E-state index in [9.17, 15) is 4.79 Å². The zero-order chi connectivity index (χ0) is 15.1. The quantitative estimate of drug-likeness (QED) is 0.779. The maximum Gasteiger partial charge on any atom is 0.252 e. The van der Waals surface area contributed by atoms with Gasteiger partial charge < -0.3 is 15.6 Å². The summed E-state index contributed by atoms with van der Waals surface area (Å²) in [5.41, 5.74) is 6.43. The van der Waals surface area contributed by atoms with Crippen molar-refractivity contribution in [2.75, 3.05) is 13.1 Å². The van der Waals surface area contributed by atoms with Crippen molar-refractivity contribution in [3.8, 4) is 11.8 Å². The highest BCUT2D eigenvalue weighted by Gasteiger charge is 2.10. The lowest BCUT2D eigenvalue weighted by Crippen LogP contribution is -2.27. The van der Waals surface area contributed by atoms with Gasteiger partial charge in [-0.1, -0.05) is 11.8 Å². The Morgan fingerprint density at radius 3 is 3.05 bits per heavy atom. The van der Waals surface area contributed by atoms with Crippen LogP contribution in [-0.2, 0) is 13.5 Å². The minimum absolute atomic E-state index is 0.173. The van der Waals surface area contributed by atoms with Crippen molar-refractivity contribution in [3.63, 3.8) is 0 Å². The Morgan fingerprint density at radius 2 is 2.33 bits per heavy atom. The standard InChI is InChI=1S/C15H17N5O/c1-20-10-9-18-14(20)5-8-19-15(21)13-4-7-17-11-12(13)3-2-6-16/h4,7,9-11H,5-6,8,16H2,1H3,(H,19,21). The zero-order valence-corrected chi connectivity index (χ0v) is 11.8. The molecule has 0 radical (unpaired) electrons. The van der Waals surface area contributed by atoms with Crippen molar-refractivity contribution >= 4 is 5.91 Å². The van der Waals surface area contributed by atoms with Crippen LogP contribution in [0.5, 0.6) is 0 Å². The molecule has 0 atom stereocenters. The van der Waals surface area contributed by atoms with E-state index >= 15 is 0 Å². The molecule has 108 valence electrons. The van der Waals surface area contributed by atoms with Crippen molar-refractivity contribution in [2.45, 2.75) is 6.42 Å². The number of nitrogens with one attached hydrogen (secondary N) is 1. The molecule has 1 amide bonds. The van der Waals surface area contributed by atoms with Crippen molar-refractivity contribution < 1.29 is 4.79 Å². The molecule has 2 aromatic rings. The van der Waals surface area contributed by atoms with E-state index < -0.39 is 0 Å². The number of imidazole rings is 1. The minimum atomic E-state index is -0.173. The Morgan fingerprint density at radius 1 is 1.48 bits per heavy atom. The molecule has 0 aliphatic heterocycles. The fourth-order valence-electron chi connectivity index (χ4n) is 1.86. The summed E-state index contributed by atoms with van der Waals surface area (Å²) < 4.78 is 1.93. The number of aryl methyl sites for hydroxylation is 1. The van der Waals surface area contributed by atoms with Gasteiger partial charge in [-0.25, -0.2) is 4.98 Å². The summed E-state index contributed by atoms with van der Waals surface area (Å²) in [6, 6.07) is 1.65. The highest BCUT2D eigenvalue weighted by Crippen LogP contribution is 2.05. The van der Waals surface area contributed by atoms with Gasteiger partial charge in [-0.2, -0.15) is 0 Å². The second-order valence-electron chi connectivity index (χ2n) is 4.39. The van der Waals surface area contributed by atoms with Crippen LogP contribution in [0.1, 0.15) is 21.7 Å². The van der Waals surface area contributed by atoms with E-state index in [1.165, 1.54) is 0 Å². The molecule has 2 heterocycles. The number of pyridine rings is 1. The number of rotatable bonds is 4. The number of nitrogens with zero attached hydrogens (tertiary/aromatic N) is 3. The zero-order valence-electron chi connectivity index (χ0n) is 11.8. The van der Waals surface area contributed by atoms with E-state index in [4.69, 9.17) is 5.73 Å². The van der Waals surface area contributed by atoms with Gasteiger partial charge in [0.25, 0.3) is 5.91 Å². The number of carbonyl (C=O) groups excluding carboxylic acids is 1. The third-order valence-corrected chi connectivity index (χ3v) is 2.95. The van der Waals surface area contributed by atoms with Crippen molar-refractivity contribution in [3.05, 3.63) is 47.8 Å². The molecule has 21 heavy (non-hydrogen) atoms. The normalized spacial score (nSPS) is 9.81. The SMILES string of the molecule is Cn1ccnc1CCNC(=O)c1ccncc1C#CCN. The van der Waals surface area contributed by atoms with Gasteiger partial charge in [0.15, 0.2) is 0 Å². The Bertz CT molecular complexity index is 681. The van der Waals surface area contributed by atoms with Crippen LogP contribution in [0.25, 0.3) is 0 Å². The average Bonchev–Trinajstić information content (AvgIpc) is 2.91. The molecule has 6 heteroatoms. The number of nitrogens with two attached hydrogens (primary N) is 1. The fourth-order valence-corrected chi connectivity index (χ4v) is 1.86. The minimum Gasteiger partial charge on any atom is -0.352 e. The van der Waals surface area contributed by atoms with E-state index in [1.807, 2.05) is 17.8 Å². The monoisotopic (exact) mass is 283 g/mol. The number of aromatic nitrogens is 3. The molecule has 2 rings (SSSR count). The first-order chi connectivity index (χ1) is 10.2. The maximum atomic E-state index is 12.2. The molecule has 3 N–H and O–H groups in total. The van der Waals surface area contributed by atoms with Crippen LogP contribution < -0.4 is 11.1 Å². The number of hydrogen-bond acceptors (Lipinski definition) is 4. The largest absolute Gasteiger partial charge is 0.352 e. The smallest absolute Gasteiger partial charge is 0.252 e. The summed E-state index contributed by atoms with van der Waals surface area (Å²) >= 11 is 0. The van der Waals surface area contributed by atoms with Crippen LogP contribution in [0.15, 0.2) is 30.9 Å². The fraction of sp³-hybridized carbons (Fsp3) is 0.267. The first kappa shape index (κ1) is 14.8. The molecule has 0 spiro atoms. The van der Waals surface area contributed by atoms with E-state index in [0.717, 1.165) is 5.82 Å². The second kappa shape index (κ2) is 7.22. The highest BCUT2D eigenvalue weighted by molar-refractivity contribution is 5.96. The van der Waals surface area contributed by atoms with Crippen LogP contribution in [0.3, 0.4) is 0 Å². The van der Waals surface area contributed by atoms with Gasteiger partial charge in [0.1, 0.15) is 5.82 Å². The molecule has 2 aromatic heterocycles. The molecule has 0 aromatic carbocycles. The molecular formula is C15H17N5O. The molecule has 0 aliphatic rings. The number of amides is 1. The molecule has 0 aliphatic carbocycles. The van der Waals surface area contributed by atoms with E-state index in [0.29, 0.717) is 24.1 Å². The first-order valence-corrected chi connectivity index (χ1v) is 6.59. The summed E-state index contributed by atoms with van der Waals surface area (Å²) in [5.74, 6) is 6.33. The Labute approximate surface area is 123 Å². The number of carbonyl (C=O) groups is 1. The van der Waals surface area contributed by atoms with Crippen molar-refractivity contribution in [1.82, 2.24) is 19.9 Å². The highest BCUT2D eigenvalue weighted by atomic mass is 16.1. The van der Waals surface area contributed by atoms with Gasteiger partial charge in [-0.05, 0) is 6.07 Å². The van der Waals surface area contributed by atoms with Crippen LogP contribution in [0.2, 0.25) is 0 Å². The summed E-state index contributed by atoms with van der Waals surface area (Å²) in [7, 11) is 1.92. The van der Waals surface area contributed by atoms with Crippen LogP contribution in [0.4, 0.5) is 0 Å². The molecule has 0 bridgehead atoms. The summed E-state index contributed by atoms with van der Waals surface area (Å²) in [6.07, 6.45) is 7.42. The predicted molar refractivity (Wildman–Crippen MR) is 79.4 cm³/mol. The third kappa shape index (κ3) is 3.91. The lowest BCUT2D eigenvalue weighted by atomic mass is 10.1. The lowest BCUT2D eigenvalue weighted by Gasteiger charge is -2.06. The molecule has 0 saturated carbocycles. The van der Waals surface area contributed by atoms with E-state index in [2.05, 4.69) is 27.1 Å². The van der Waals surface area contributed by atoms with Crippen molar-refractivity contribution in [2.24, 2.45) is 12.8 Å². The van der Waals surface area contributed by atoms with Gasteiger partial charge in [0.05, 0.1) is 17.7 Å². The lowest BCUT2D eigenvalue weighted by molar-refractivity contribution is 0.0953. The summed E-state index contributed by atoms with van der Waals surface area (Å²) in [5, 5.41) is 2.86. The molecule has 0 saturated heterocycles. The van der Waals surface area contributed by atoms with Crippen LogP contribution in [-0.4, -0.2) is 33.5 Å². The van der Waals surface area contributed by atoms with Gasteiger partial charge in [-0.15, -0.1) is 0 Å². The third-order valence-electron chi connectivity index (χ3n) is 2.95. The Kier molecular flexibility index (Phi) is 5.07. The maximum absolute atomic E-state index is 12.2. The van der Waals surface area contributed by atoms with E-state index in [1.54, 1.807) is 24.7 Å². The molecule has 0 unspecified atom stereocenters. The van der Waals surface area contributed by atoms with Gasteiger partial charge in [0.2, 0.25) is 0 Å². The van der Waals surface area contributed by atoms with Gasteiger partial charge in [0, 0.05) is 44.8 Å². The van der Waals surface area contributed by atoms with Crippen LogP contribution in [0, 0.1) is 11.8 Å². The molecular weight excluding hydrogens is 266 g/mol. The molecule has 6 nitrogen and oxygen atoms in total. The Balaban J connectivity index is 1.99. The van der Waals surface area contributed by atoms with Gasteiger partial charge in [-0.3, -0.25) is 9.78 Å². The van der Waals surface area contributed by atoms with Crippen LogP contribution >= 0.6 is 0 Å². The average molecular weight is 283 g/mol. The summed E-state index contributed by atoms with van der Waals surface area (Å²) in [4.78, 5) is 20.4. The van der Waals surface area contributed by atoms with E-state index in [-0.39, 0.29) is 12.5 Å². The Hall–Kier alpha value is -2.65. The topological polar surface area (TPSA) is 85.8 Å². The second-order valence-corrected chi connectivity index (χ2v) is 4.39. The van der Waals surface area contributed by atoms with Crippen molar-refractivity contribution in [1.29, 1.82) is 0 Å². The first-order valence-electron chi connectivity index (χ1n) is 6.59. The number of hydrogen-bond donors (Lipinski definition) is 2. The molecule has 0 fully saturated rings. The predicted octanol–water partition coefficient (Wildman–Crippen LogP) is 0.0978. The van der Waals surface area contributed by atoms with Gasteiger partial charge >= 0.3 is 0 Å². The summed E-state index contributed by atoms with van der Waals surface area (Å²) in [6.45, 7) is 0.755.